The van der Waals surface area contributed by atoms with Gasteiger partial charge in [-0.2, -0.15) is 0 Å². The number of nitrogens with zero attached hydrogens (tertiary/aromatic N) is 1. The predicted octanol–water partition coefficient (Wildman–Crippen LogP) is 0.376. The standard InChI is InChI=1S/C11H13N3O5/c12-9(6-15)10(5-11(16)17)13-7-1-3-8(4-2-7)14(18)19/h1-4,6,9-10,13H,5,12H2,(H,16,17)/t9-,10?/m1/s1. The summed E-state index contributed by atoms with van der Waals surface area (Å²) in [5.41, 5.74) is 5.86. The molecule has 0 aromatic heterocycles. The van der Waals surface area contributed by atoms with Gasteiger partial charge >= 0.3 is 5.97 Å². The first-order chi connectivity index (χ1) is 8.93. The van der Waals surface area contributed by atoms with Gasteiger partial charge in [0.15, 0.2) is 0 Å². The number of anilines is 1. The van der Waals surface area contributed by atoms with E-state index in [1.165, 1.54) is 24.3 Å². The Balaban J connectivity index is 2.80. The Morgan fingerprint density at radius 3 is 2.47 bits per heavy atom. The number of carbonyl (C=O) groups excluding carboxylic acids is 1. The summed E-state index contributed by atoms with van der Waals surface area (Å²) in [4.78, 5) is 31.2. The number of rotatable bonds is 7. The van der Waals surface area contributed by atoms with Crippen molar-refractivity contribution >= 4 is 23.6 Å². The van der Waals surface area contributed by atoms with Crippen molar-refractivity contribution in [3.05, 3.63) is 34.4 Å². The van der Waals surface area contributed by atoms with Crippen molar-refractivity contribution in [2.45, 2.75) is 18.5 Å². The highest BCUT2D eigenvalue weighted by atomic mass is 16.6. The van der Waals surface area contributed by atoms with Crippen LogP contribution >= 0.6 is 0 Å². The van der Waals surface area contributed by atoms with Crippen molar-refractivity contribution in [2.75, 3.05) is 5.32 Å². The Hall–Kier alpha value is -2.48. The zero-order valence-corrected chi connectivity index (χ0v) is 9.85. The fourth-order valence-corrected chi connectivity index (χ4v) is 1.46. The molecule has 0 spiro atoms. The average Bonchev–Trinajstić information content (AvgIpc) is 2.37. The Bertz CT molecular complexity index is 474. The highest BCUT2D eigenvalue weighted by molar-refractivity contribution is 5.71. The molecule has 0 heterocycles. The molecule has 0 fully saturated rings. The van der Waals surface area contributed by atoms with Gasteiger partial charge in [-0.3, -0.25) is 14.9 Å². The number of carboxylic acids is 1. The summed E-state index contributed by atoms with van der Waals surface area (Å²) in [5, 5.41) is 22.0. The van der Waals surface area contributed by atoms with Gasteiger partial charge in [0.05, 0.1) is 23.4 Å². The Kier molecular flexibility index (Phi) is 4.95. The van der Waals surface area contributed by atoms with Crippen molar-refractivity contribution in [1.29, 1.82) is 0 Å². The summed E-state index contributed by atoms with van der Waals surface area (Å²) in [6.07, 6.45) is 0.114. The van der Waals surface area contributed by atoms with Crippen molar-refractivity contribution < 1.29 is 19.6 Å². The molecule has 1 unspecified atom stereocenters. The van der Waals surface area contributed by atoms with Gasteiger partial charge in [-0.05, 0) is 12.1 Å². The van der Waals surface area contributed by atoms with Crippen molar-refractivity contribution in [3.8, 4) is 0 Å². The van der Waals surface area contributed by atoms with Crippen LogP contribution in [0.3, 0.4) is 0 Å². The molecule has 0 radical (unpaired) electrons. The van der Waals surface area contributed by atoms with Gasteiger partial charge in [0.1, 0.15) is 6.29 Å². The number of aldehydes is 1. The second kappa shape index (κ2) is 6.45. The summed E-state index contributed by atoms with van der Waals surface area (Å²) < 4.78 is 0. The lowest BCUT2D eigenvalue weighted by atomic mass is 10.1. The molecule has 0 saturated heterocycles. The quantitative estimate of drug-likeness (QED) is 0.369. The minimum absolute atomic E-state index is 0.0833. The summed E-state index contributed by atoms with van der Waals surface area (Å²) >= 11 is 0. The van der Waals surface area contributed by atoms with Crippen LogP contribution in [0.15, 0.2) is 24.3 Å². The second-order valence-corrected chi connectivity index (χ2v) is 3.87. The largest absolute Gasteiger partial charge is 0.481 e. The van der Waals surface area contributed by atoms with Crippen LogP contribution in [0.25, 0.3) is 0 Å². The van der Waals surface area contributed by atoms with E-state index in [4.69, 9.17) is 10.8 Å². The van der Waals surface area contributed by atoms with Crippen molar-refractivity contribution in [2.24, 2.45) is 5.73 Å². The van der Waals surface area contributed by atoms with Crippen LogP contribution in [0.1, 0.15) is 6.42 Å². The maximum absolute atomic E-state index is 10.7. The van der Waals surface area contributed by atoms with Crippen LogP contribution in [-0.2, 0) is 9.59 Å². The van der Waals surface area contributed by atoms with Gasteiger partial charge in [-0.1, -0.05) is 0 Å². The van der Waals surface area contributed by atoms with E-state index in [2.05, 4.69) is 5.32 Å². The maximum Gasteiger partial charge on any atom is 0.305 e. The molecule has 0 aliphatic heterocycles. The number of benzene rings is 1. The van der Waals surface area contributed by atoms with Gasteiger partial charge in [0.25, 0.3) is 5.69 Å². The highest BCUT2D eigenvalue weighted by Gasteiger charge is 2.20. The molecular weight excluding hydrogens is 254 g/mol. The van der Waals surface area contributed by atoms with Crippen LogP contribution in [-0.4, -0.2) is 34.4 Å². The lowest BCUT2D eigenvalue weighted by Crippen LogP contribution is -2.42. The van der Waals surface area contributed by atoms with Gasteiger partial charge in [-0.25, -0.2) is 0 Å². The van der Waals surface area contributed by atoms with E-state index in [1.54, 1.807) is 0 Å². The Labute approximate surface area is 108 Å². The number of nitro benzene ring substituents is 1. The van der Waals surface area contributed by atoms with Crippen molar-refractivity contribution in [1.82, 2.24) is 0 Å². The zero-order chi connectivity index (χ0) is 14.4. The highest BCUT2D eigenvalue weighted by Crippen LogP contribution is 2.17. The zero-order valence-electron chi connectivity index (χ0n) is 9.85. The number of hydrogen-bond acceptors (Lipinski definition) is 6. The van der Waals surface area contributed by atoms with E-state index < -0.39 is 23.0 Å². The maximum atomic E-state index is 10.7. The normalized spacial score (nSPS) is 13.3. The molecular formula is C11H13N3O5. The third kappa shape index (κ3) is 4.36. The molecule has 8 nitrogen and oxygen atoms in total. The fourth-order valence-electron chi connectivity index (χ4n) is 1.46. The van der Waals surface area contributed by atoms with E-state index in [0.717, 1.165) is 0 Å². The smallest absolute Gasteiger partial charge is 0.305 e. The number of nitro groups is 1. The van der Waals surface area contributed by atoms with Crippen LogP contribution in [0.4, 0.5) is 11.4 Å². The average molecular weight is 267 g/mol. The van der Waals surface area contributed by atoms with E-state index in [0.29, 0.717) is 12.0 Å². The summed E-state index contributed by atoms with van der Waals surface area (Å²) in [6, 6.07) is 3.62. The molecule has 0 amide bonds. The van der Waals surface area contributed by atoms with E-state index in [9.17, 15) is 19.7 Å². The number of hydrogen-bond donors (Lipinski definition) is 3. The van der Waals surface area contributed by atoms with Gasteiger partial charge < -0.3 is 21.0 Å². The van der Waals surface area contributed by atoms with Gasteiger partial charge in [0, 0.05) is 17.8 Å². The lowest BCUT2D eigenvalue weighted by Gasteiger charge is -2.20. The molecule has 1 aromatic carbocycles. The second-order valence-electron chi connectivity index (χ2n) is 3.87. The van der Waals surface area contributed by atoms with E-state index >= 15 is 0 Å². The Morgan fingerprint density at radius 2 is 2.05 bits per heavy atom. The molecule has 0 bridgehead atoms. The minimum Gasteiger partial charge on any atom is -0.481 e. The summed E-state index contributed by atoms with van der Waals surface area (Å²) in [5.74, 6) is -1.10. The lowest BCUT2D eigenvalue weighted by molar-refractivity contribution is -0.384. The molecule has 1 rings (SSSR count). The van der Waals surface area contributed by atoms with Crippen molar-refractivity contribution in [3.63, 3.8) is 0 Å². The molecule has 102 valence electrons. The summed E-state index contributed by atoms with van der Waals surface area (Å²) in [7, 11) is 0. The number of nitrogens with one attached hydrogen (secondary N) is 1. The molecule has 8 heteroatoms. The number of carbonyl (C=O) groups is 2. The summed E-state index contributed by atoms with van der Waals surface area (Å²) in [6.45, 7) is 0. The topological polar surface area (TPSA) is 136 Å². The SMILES string of the molecule is N[C@H](C=O)C(CC(=O)O)Nc1ccc([N+](=O)[O-])cc1. The first-order valence-electron chi connectivity index (χ1n) is 5.37. The number of non-ortho nitro benzene ring substituents is 1. The van der Waals surface area contributed by atoms with E-state index in [-0.39, 0.29) is 12.1 Å². The molecule has 4 N–H and O–H groups in total. The number of carboxylic acid groups (broad SMARTS) is 1. The molecule has 0 aliphatic carbocycles. The number of aliphatic carboxylic acids is 1. The monoisotopic (exact) mass is 267 g/mol. The fraction of sp³-hybridized carbons (Fsp3) is 0.273. The van der Waals surface area contributed by atoms with Crippen LogP contribution in [0.2, 0.25) is 0 Å². The predicted molar refractivity (Wildman–Crippen MR) is 66.8 cm³/mol. The molecule has 1 aromatic rings. The molecule has 2 atom stereocenters. The van der Waals surface area contributed by atoms with Crippen LogP contribution in [0, 0.1) is 10.1 Å². The third-order valence-electron chi connectivity index (χ3n) is 2.45. The third-order valence-corrected chi connectivity index (χ3v) is 2.45. The van der Waals surface area contributed by atoms with Crippen LogP contribution < -0.4 is 11.1 Å². The van der Waals surface area contributed by atoms with Gasteiger partial charge in [-0.15, -0.1) is 0 Å². The first kappa shape index (κ1) is 14.6. The van der Waals surface area contributed by atoms with Gasteiger partial charge in [0.2, 0.25) is 0 Å². The first-order valence-corrected chi connectivity index (χ1v) is 5.37. The van der Waals surface area contributed by atoms with E-state index in [1.807, 2.05) is 0 Å². The molecule has 0 aliphatic rings. The van der Waals surface area contributed by atoms with Crippen LogP contribution in [0.5, 0.6) is 0 Å². The molecule has 19 heavy (non-hydrogen) atoms. The Morgan fingerprint density at radius 1 is 1.47 bits per heavy atom. The molecule has 0 saturated carbocycles. The number of nitrogens with two attached hydrogens (primary N) is 1. The minimum atomic E-state index is -1.10.